The van der Waals surface area contributed by atoms with Crippen LogP contribution in [0.2, 0.25) is 0 Å². The van der Waals surface area contributed by atoms with Gasteiger partial charge in [-0.3, -0.25) is 4.79 Å². The van der Waals surface area contributed by atoms with Crippen molar-refractivity contribution in [2.24, 2.45) is 0 Å². The molecule has 0 saturated carbocycles. The fourth-order valence-electron chi connectivity index (χ4n) is 1.24. The van der Waals surface area contributed by atoms with E-state index in [0.29, 0.717) is 12.4 Å². The van der Waals surface area contributed by atoms with E-state index in [0.717, 1.165) is 6.42 Å². The summed E-state index contributed by atoms with van der Waals surface area (Å²) in [6.45, 7) is 6.32. The molecule has 18 heavy (non-hydrogen) atoms. The molecule has 0 aliphatic carbocycles. The summed E-state index contributed by atoms with van der Waals surface area (Å²) in [5, 5.41) is 16.4. The molecule has 1 aromatic rings. The van der Waals surface area contributed by atoms with Crippen LogP contribution in [0.25, 0.3) is 0 Å². The third kappa shape index (κ3) is 3.99. The molecule has 0 spiro atoms. The van der Waals surface area contributed by atoms with E-state index < -0.39 is 6.04 Å². The van der Waals surface area contributed by atoms with Crippen molar-refractivity contribution in [1.29, 1.82) is 0 Å². The van der Waals surface area contributed by atoms with Crippen molar-refractivity contribution in [1.82, 2.24) is 20.8 Å². The molecule has 0 radical (unpaired) electrons. The minimum Gasteiger partial charge on any atom is -0.406 e. The molecule has 1 aromatic heterocycles. The van der Waals surface area contributed by atoms with Crippen LogP contribution in [-0.4, -0.2) is 35.7 Å². The minimum absolute atomic E-state index is 0.0164. The van der Waals surface area contributed by atoms with Crippen molar-refractivity contribution in [2.45, 2.75) is 39.3 Å². The van der Waals surface area contributed by atoms with E-state index in [4.69, 9.17) is 4.42 Å². The highest BCUT2D eigenvalue weighted by Crippen LogP contribution is 2.13. The number of carbonyl (C=O) groups is 1. The van der Waals surface area contributed by atoms with E-state index in [-0.39, 0.29) is 18.0 Å². The van der Waals surface area contributed by atoms with Crippen molar-refractivity contribution in [3.8, 4) is 0 Å². The molecule has 3 N–H and O–H groups in total. The average Bonchev–Trinajstić information content (AvgIpc) is 2.83. The summed E-state index contributed by atoms with van der Waals surface area (Å²) in [5.41, 5.74) is 0. The Labute approximate surface area is 107 Å². The summed E-state index contributed by atoms with van der Waals surface area (Å²) < 4.78 is 5.39. The van der Waals surface area contributed by atoms with Gasteiger partial charge in [0.15, 0.2) is 0 Å². The van der Waals surface area contributed by atoms with E-state index in [1.165, 1.54) is 0 Å². The molecule has 0 aliphatic rings. The highest BCUT2D eigenvalue weighted by molar-refractivity contribution is 5.83. The summed E-state index contributed by atoms with van der Waals surface area (Å²) in [6.07, 6.45) is 0.906. The molecule has 0 bridgehead atoms. The molecule has 102 valence electrons. The number of hydrogen-bond donors (Lipinski definition) is 3. The van der Waals surface area contributed by atoms with Gasteiger partial charge >= 0.3 is 6.01 Å². The standard InChI is InChI=1S/C11H21N5O2/c1-5-6-13-9(17)7(2)14-11-16-15-10(18-11)8(3)12-4/h7-8,12H,5-6H2,1-4H3,(H,13,17)(H,14,16). The van der Waals surface area contributed by atoms with E-state index in [9.17, 15) is 4.79 Å². The predicted octanol–water partition coefficient (Wildman–Crippen LogP) is 0.677. The van der Waals surface area contributed by atoms with E-state index >= 15 is 0 Å². The van der Waals surface area contributed by atoms with Gasteiger partial charge in [0.1, 0.15) is 6.04 Å². The lowest BCUT2D eigenvalue weighted by Gasteiger charge is -2.11. The Hall–Kier alpha value is -1.63. The van der Waals surface area contributed by atoms with Crippen molar-refractivity contribution in [2.75, 3.05) is 18.9 Å². The van der Waals surface area contributed by atoms with E-state index in [2.05, 4.69) is 26.1 Å². The maximum atomic E-state index is 11.6. The smallest absolute Gasteiger partial charge is 0.316 e. The number of nitrogens with one attached hydrogen (secondary N) is 3. The zero-order valence-corrected chi connectivity index (χ0v) is 11.3. The molecule has 0 aromatic carbocycles. The summed E-state index contributed by atoms with van der Waals surface area (Å²) >= 11 is 0. The lowest BCUT2D eigenvalue weighted by Crippen LogP contribution is -2.37. The zero-order chi connectivity index (χ0) is 13.5. The molecule has 1 rings (SSSR count). The third-order valence-corrected chi connectivity index (χ3v) is 2.53. The van der Waals surface area contributed by atoms with Crippen LogP contribution >= 0.6 is 0 Å². The van der Waals surface area contributed by atoms with Crippen molar-refractivity contribution < 1.29 is 9.21 Å². The van der Waals surface area contributed by atoms with E-state index in [1.54, 1.807) is 6.92 Å². The van der Waals surface area contributed by atoms with Gasteiger partial charge in [-0.2, -0.15) is 0 Å². The first-order valence-electron chi connectivity index (χ1n) is 6.13. The molecule has 2 unspecified atom stereocenters. The molecule has 2 atom stereocenters. The van der Waals surface area contributed by atoms with Gasteiger partial charge in [-0.15, -0.1) is 5.10 Å². The second kappa shape index (κ2) is 6.95. The van der Waals surface area contributed by atoms with Crippen molar-refractivity contribution in [3.63, 3.8) is 0 Å². The van der Waals surface area contributed by atoms with Gasteiger partial charge in [0.2, 0.25) is 11.8 Å². The number of carbonyl (C=O) groups excluding carboxylic acids is 1. The first kappa shape index (κ1) is 14.4. The first-order valence-corrected chi connectivity index (χ1v) is 6.13. The Bertz CT molecular complexity index is 379. The highest BCUT2D eigenvalue weighted by atomic mass is 16.4. The van der Waals surface area contributed by atoms with Gasteiger partial charge in [0.05, 0.1) is 6.04 Å². The van der Waals surface area contributed by atoms with Crippen LogP contribution in [0.1, 0.15) is 39.1 Å². The Kier molecular flexibility index (Phi) is 5.57. The maximum Gasteiger partial charge on any atom is 0.316 e. The van der Waals surface area contributed by atoms with E-state index in [1.807, 2.05) is 20.9 Å². The number of hydrogen-bond acceptors (Lipinski definition) is 6. The largest absolute Gasteiger partial charge is 0.406 e. The van der Waals surface area contributed by atoms with Gasteiger partial charge in [0.25, 0.3) is 0 Å². The Morgan fingerprint density at radius 2 is 2.11 bits per heavy atom. The van der Waals surface area contributed by atoms with Gasteiger partial charge in [0, 0.05) is 6.54 Å². The molecule has 0 aliphatic heterocycles. The van der Waals surface area contributed by atoms with Gasteiger partial charge in [-0.05, 0) is 27.3 Å². The maximum absolute atomic E-state index is 11.6. The number of amides is 1. The Morgan fingerprint density at radius 3 is 2.72 bits per heavy atom. The van der Waals surface area contributed by atoms with Crippen LogP contribution in [0.3, 0.4) is 0 Å². The number of nitrogens with zero attached hydrogens (tertiary/aromatic N) is 2. The van der Waals surface area contributed by atoms with Gasteiger partial charge in [-0.1, -0.05) is 12.0 Å². The minimum atomic E-state index is -0.408. The van der Waals surface area contributed by atoms with Crippen molar-refractivity contribution in [3.05, 3.63) is 5.89 Å². The number of aromatic nitrogens is 2. The van der Waals surface area contributed by atoms with Crippen LogP contribution in [-0.2, 0) is 4.79 Å². The normalized spacial score (nSPS) is 14.0. The highest BCUT2D eigenvalue weighted by Gasteiger charge is 2.17. The summed E-state index contributed by atoms with van der Waals surface area (Å²) in [4.78, 5) is 11.6. The number of rotatable bonds is 7. The van der Waals surface area contributed by atoms with Crippen LogP contribution in [0.4, 0.5) is 6.01 Å². The van der Waals surface area contributed by atoms with Crippen LogP contribution in [0.5, 0.6) is 0 Å². The SMILES string of the molecule is CCCNC(=O)C(C)Nc1nnc(C(C)NC)o1. The quantitative estimate of drug-likeness (QED) is 0.663. The lowest BCUT2D eigenvalue weighted by molar-refractivity contribution is -0.121. The second-order valence-corrected chi connectivity index (χ2v) is 4.11. The topological polar surface area (TPSA) is 92.1 Å². The fraction of sp³-hybridized carbons (Fsp3) is 0.727. The monoisotopic (exact) mass is 255 g/mol. The molecule has 7 heteroatoms. The molecule has 7 nitrogen and oxygen atoms in total. The van der Waals surface area contributed by atoms with Gasteiger partial charge < -0.3 is 20.4 Å². The lowest BCUT2D eigenvalue weighted by atomic mass is 10.3. The molecular formula is C11H21N5O2. The van der Waals surface area contributed by atoms with Gasteiger partial charge in [-0.25, -0.2) is 0 Å². The van der Waals surface area contributed by atoms with Crippen LogP contribution < -0.4 is 16.0 Å². The summed E-state index contributed by atoms with van der Waals surface area (Å²) in [5.74, 6) is 0.402. The average molecular weight is 255 g/mol. The fourth-order valence-corrected chi connectivity index (χ4v) is 1.24. The summed E-state index contributed by atoms with van der Waals surface area (Å²) in [6, 6.07) is -0.168. The Morgan fingerprint density at radius 1 is 1.39 bits per heavy atom. The van der Waals surface area contributed by atoms with Crippen molar-refractivity contribution >= 4 is 11.9 Å². The molecule has 1 heterocycles. The Balaban J connectivity index is 2.51. The number of anilines is 1. The third-order valence-electron chi connectivity index (χ3n) is 2.53. The molecule has 0 fully saturated rings. The molecule has 0 saturated heterocycles. The van der Waals surface area contributed by atoms with Crippen LogP contribution in [0.15, 0.2) is 4.42 Å². The first-order chi connectivity index (χ1) is 8.58. The molecular weight excluding hydrogens is 234 g/mol. The zero-order valence-electron chi connectivity index (χ0n) is 11.3. The second-order valence-electron chi connectivity index (χ2n) is 4.11. The predicted molar refractivity (Wildman–Crippen MR) is 68.2 cm³/mol. The molecule has 1 amide bonds. The summed E-state index contributed by atoms with van der Waals surface area (Å²) in [7, 11) is 1.81. The van der Waals surface area contributed by atoms with Crippen LogP contribution in [0, 0.1) is 0 Å².